The Labute approximate surface area is 220 Å². The Kier molecular flexibility index (Phi) is 7.42. The van der Waals surface area contributed by atoms with Crippen molar-refractivity contribution in [3.8, 4) is 0 Å². The van der Waals surface area contributed by atoms with Crippen molar-refractivity contribution < 1.29 is 4.39 Å². The molecule has 0 bridgehead atoms. The zero-order valence-corrected chi connectivity index (χ0v) is 21.9. The summed E-state index contributed by atoms with van der Waals surface area (Å²) in [6, 6.07) is 22.6. The highest BCUT2D eigenvalue weighted by atomic mass is 19.1. The minimum absolute atomic E-state index is 0.101. The van der Waals surface area contributed by atoms with E-state index in [1.807, 2.05) is 25.1 Å². The van der Waals surface area contributed by atoms with Gasteiger partial charge in [0.25, 0.3) is 5.56 Å². The number of pyridine rings is 1. The number of rotatable bonds is 9. The highest BCUT2D eigenvalue weighted by Gasteiger charge is 2.26. The van der Waals surface area contributed by atoms with Gasteiger partial charge in [-0.15, -0.1) is 5.10 Å². The van der Waals surface area contributed by atoms with Crippen molar-refractivity contribution >= 4 is 10.9 Å². The fourth-order valence-electron chi connectivity index (χ4n) is 4.84. The molecule has 8 heteroatoms. The van der Waals surface area contributed by atoms with Gasteiger partial charge >= 0.3 is 0 Å². The van der Waals surface area contributed by atoms with Gasteiger partial charge in [-0.25, -0.2) is 9.07 Å². The van der Waals surface area contributed by atoms with Gasteiger partial charge in [0.05, 0.1) is 12.6 Å². The molecule has 0 fully saturated rings. The van der Waals surface area contributed by atoms with Gasteiger partial charge in [-0.1, -0.05) is 60.5 Å². The van der Waals surface area contributed by atoms with Gasteiger partial charge in [0.15, 0.2) is 5.82 Å². The molecule has 0 aliphatic rings. The number of aryl methyl sites for hydroxylation is 2. The Bertz CT molecular complexity index is 1590. The third-order valence-corrected chi connectivity index (χ3v) is 6.89. The lowest BCUT2D eigenvalue weighted by atomic mass is 10.1. The molecule has 38 heavy (non-hydrogen) atoms. The van der Waals surface area contributed by atoms with E-state index >= 15 is 0 Å². The van der Waals surface area contributed by atoms with E-state index in [9.17, 15) is 9.18 Å². The summed E-state index contributed by atoms with van der Waals surface area (Å²) >= 11 is 0. The van der Waals surface area contributed by atoms with Crippen LogP contribution in [0.2, 0.25) is 0 Å². The second kappa shape index (κ2) is 11.1. The number of nitrogens with zero attached hydrogens (tertiary/aromatic N) is 5. The second-order valence-corrected chi connectivity index (χ2v) is 9.85. The van der Waals surface area contributed by atoms with Crippen molar-refractivity contribution in [3.63, 3.8) is 0 Å². The van der Waals surface area contributed by atoms with Crippen molar-refractivity contribution in [2.24, 2.45) is 0 Å². The first-order valence-corrected chi connectivity index (χ1v) is 12.8. The van der Waals surface area contributed by atoms with Gasteiger partial charge in [0.1, 0.15) is 5.82 Å². The number of tetrazole rings is 1. The van der Waals surface area contributed by atoms with Crippen LogP contribution in [0, 0.1) is 19.7 Å². The largest absolute Gasteiger partial charge is 0.322 e. The fourth-order valence-corrected chi connectivity index (χ4v) is 4.84. The molecule has 3 aromatic carbocycles. The Morgan fingerprint density at radius 3 is 2.37 bits per heavy atom. The number of halogens is 1. The number of hydrogen-bond donors (Lipinski definition) is 1. The average Bonchev–Trinajstić information content (AvgIpc) is 3.35. The van der Waals surface area contributed by atoms with E-state index in [1.54, 1.807) is 16.8 Å². The molecule has 0 radical (unpaired) electrons. The van der Waals surface area contributed by atoms with Crippen molar-refractivity contribution in [3.05, 3.63) is 123 Å². The van der Waals surface area contributed by atoms with Gasteiger partial charge < -0.3 is 4.98 Å². The molecule has 0 amide bonds. The van der Waals surface area contributed by atoms with E-state index in [-0.39, 0.29) is 17.4 Å². The molecule has 7 nitrogen and oxygen atoms in total. The Hall–Kier alpha value is -4.17. The van der Waals surface area contributed by atoms with Gasteiger partial charge in [0.2, 0.25) is 0 Å². The van der Waals surface area contributed by atoms with Crippen LogP contribution in [0.5, 0.6) is 0 Å². The lowest BCUT2D eigenvalue weighted by Crippen LogP contribution is -2.32. The zero-order valence-electron chi connectivity index (χ0n) is 21.9. The Morgan fingerprint density at radius 2 is 1.63 bits per heavy atom. The standard InChI is InChI=1S/C30H31FN6O/c1-4-28(29-33-34-35-37(29)18-23-10-12-26(31)13-11-23)36(17-22-8-5-20(2)6-9-22)19-25-16-24-15-21(3)7-14-27(24)32-30(25)38/h5-16,28H,4,17-19H2,1-3H3,(H,32,38)/t28-/m1/s1. The molecule has 2 aromatic heterocycles. The van der Waals surface area contributed by atoms with E-state index in [4.69, 9.17) is 0 Å². The van der Waals surface area contributed by atoms with Crippen LogP contribution in [0.1, 0.15) is 53.0 Å². The number of benzene rings is 3. The molecule has 5 rings (SSSR count). The smallest absolute Gasteiger partial charge is 0.252 e. The van der Waals surface area contributed by atoms with Crippen LogP contribution in [-0.4, -0.2) is 30.1 Å². The second-order valence-electron chi connectivity index (χ2n) is 9.85. The lowest BCUT2D eigenvalue weighted by Gasteiger charge is -2.30. The number of hydrogen-bond acceptors (Lipinski definition) is 5. The number of fused-ring (bicyclic) bond motifs is 1. The molecular weight excluding hydrogens is 479 g/mol. The number of aromatic amines is 1. The third kappa shape index (κ3) is 5.70. The Balaban J connectivity index is 1.52. The monoisotopic (exact) mass is 510 g/mol. The summed E-state index contributed by atoms with van der Waals surface area (Å²) in [5, 5.41) is 13.6. The number of aromatic nitrogens is 5. The van der Waals surface area contributed by atoms with Crippen LogP contribution in [0.4, 0.5) is 4.39 Å². The normalized spacial score (nSPS) is 12.3. The summed E-state index contributed by atoms with van der Waals surface area (Å²) in [5.74, 6) is 0.425. The highest BCUT2D eigenvalue weighted by Crippen LogP contribution is 2.27. The van der Waals surface area contributed by atoms with Crippen LogP contribution < -0.4 is 5.56 Å². The van der Waals surface area contributed by atoms with Gasteiger partial charge in [-0.3, -0.25) is 9.69 Å². The fraction of sp³-hybridized carbons (Fsp3) is 0.267. The van der Waals surface area contributed by atoms with Crippen molar-refractivity contribution in [1.29, 1.82) is 0 Å². The predicted molar refractivity (Wildman–Crippen MR) is 146 cm³/mol. The summed E-state index contributed by atoms with van der Waals surface area (Å²) in [7, 11) is 0. The minimum atomic E-state index is -0.280. The molecule has 0 spiro atoms. The molecule has 0 saturated carbocycles. The van der Waals surface area contributed by atoms with E-state index in [2.05, 4.69) is 69.6 Å². The molecule has 0 unspecified atom stereocenters. The van der Waals surface area contributed by atoms with Crippen molar-refractivity contribution in [2.75, 3.05) is 0 Å². The van der Waals surface area contributed by atoms with Crippen LogP contribution in [0.3, 0.4) is 0 Å². The molecule has 0 saturated heterocycles. The quantitative estimate of drug-likeness (QED) is 0.284. The van der Waals surface area contributed by atoms with Gasteiger partial charge in [-0.05, 0) is 77.5 Å². The first kappa shape index (κ1) is 25.5. The molecule has 2 heterocycles. The van der Waals surface area contributed by atoms with E-state index in [0.717, 1.165) is 34.0 Å². The topological polar surface area (TPSA) is 79.7 Å². The van der Waals surface area contributed by atoms with Crippen LogP contribution in [0.15, 0.2) is 77.6 Å². The van der Waals surface area contributed by atoms with Gasteiger partial charge in [-0.2, -0.15) is 0 Å². The van der Waals surface area contributed by atoms with E-state index in [0.29, 0.717) is 31.0 Å². The number of H-pyrrole nitrogens is 1. The summed E-state index contributed by atoms with van der Waals surface area (Å²) in [6.07, 6.45) is 0.736. The lowest BCUT2D eigenvalue weighted by molar-refractivity contribution is 0.161. The number of nitrogens with one attached hydrogen (secondary N) is 1. The first-order chi connectivity index (χ1) is 18.4. The maximum Gasteiger partial charge on any atom is 0.252 e. The molecule has 0 aliphatic carbocycles. The maximum atomic E-state index is 13.4. The molecule has 1 atom stereocenters. The average molecular weight is 511 g/mol. The van der Waals surface area contributed by atoms with E-state index in [1.165, 1.54) is 17.7 Å². The summed E-state index contributed by atoms with van der Waals surface area (Å²) in [6.45, 7) is 7.67. The summed E-state index contributed by atoms with van der Waals surface area (Å²) in [4.78, 5) is 18.4. The summed E-state index contributed by atoms with van der Waals surface area (Å²) < 4.78 is 15.2. The Morgan fingerprint density at radius 1 is 0.921 bits per heavy atom. The van der Waals surface area contributed by atoms with Crippen molar-refractivity contribution in [1.82, 2.24) is 30.1 Å². The minimum Gasteiger partial charge on any atom is -0.322 e. The summed E-state index contributed by atoms with van der Waals surface area (Å²) in [5.41, 5.74) is 5.78. The van der Waals surface area contributed by atoms with Crippen LogP contribution >= 0.6 is 0 Å². The molecule has 1 N–H and O–H groups in total. The molecule has 0 aliphatic heterocycles. The van der Waals surface area contributed by atoms with Crippen molar-refractivity contribution in [2.45, 2.75) is 52.9 Å². The van der Waals surface area contributed by atoms with E-state index < -0.39 is 0 Å². The molecular formula is C30H31FN6O. The predicted octanol–water partition coefficient (Wildman–Crippen LogP) is 5.47. The van der Waals surface area contributed by atoms with Gasteiger partial charge in [0, 0.05) is 24.2 Å². The zero-order chi connectivity index (χ0) is 26.6. The molecule has 5 aromatic rings. The van der Waals surface area contributed by atoms with Crippen LogP contribution in [-0.2, 0) is 19.6 Å². The highest BCUT2D eigenvalue weighted by molar-refractivity contribution is 5.79. The van der Waals surface area contributed by atoms with Crippen LogP contribution in [0.25, 0.3) is 10.9 Å². The molecule has 194 valence electrons. The SMILES string of the molecule is CC[C@H](c1nnnn1Cc1ccc(F)cc1)N(Cc1ccc(C)cc1)Cc1cc2cc(C)ccc2[nH]c1=O. The maximum absolute atomic E-state index is 13.4. The third-order valence-electron chi connectivity index (χ3n) is 6.89. The first-order valence-electron chi connectivity index (χ1n) is 12.8.